The summed E-state index contributed by atoms with van der Waals surface area (Å²) in [6, 6.07) is 12.9. The standard InChI is InChI=1S/C22H24N4O6S/c1-23-21(27)20-18-4-2-3-5-19(18)22(28)26(24-20)12-15-32-16-6-8-17(9-7-16)33(29,30)25-10-13-31-14-11-25/h2-9H,10-15H2,1H3,(H,23,27). The molecule has 1 aliphatic heterocycles. The molecule has 174 valence electrons. The number of nitrogens with zero attached hydrogens (tertiary/aromatic N) is 3. The van der Waals surface area contributed by atoms with Crippen LogP contribution in [0.2, 0.25) is 0 Å². The van der Waals surface area contributed by atoms with Gasteiger partial charge in [0.25, 0.3) is 11.5 Å². The van der Waals surface area contributed by atoms with Crippen molar-refractivity contribution < 1.29 is 22.7 Å². The van der Waals surface area contributed by atoms with Crippen molar-refractivity contribution in [1.82, 2.24) is 19.4 Å². The zero-order valence-electron chi connectivity index (χ0n) is 18.1. The summed E-state index contributed by atoms with van der Waals surface area (Å²) in [6.07, 6.45) is 0. The van der Waals surface area contributed by atoms with Crippen LogP contribution in [0, 0.1) is 0 Å². The SMILES string of the molecule is CNC(=O)c1nn(CCOc2ccc(S(=O)(=O)N3CCOCC3)cc2)c(=O)c2ccccc12. The first-order chi connectivity index (χ1) is 15.9. The lowest BCUT2D eigenvalue weighted by Crippen LogP contribution is -2.40. The fourth-order valence-corrected chi connectivity index (χ4v) is 4.97. The molecule has 2 heterocycles. The Bertz CT molecular complexity index is 1310. The lowest BCUT2D eigenvalue weighted by Gasteiger charge is -2.26. The van der Waals surface area contributed by atoms with Crippen LogP contribution in [0.1, 0.15) is 10.5 Å². The molecule has 1 amide bonds. The topological polar surface area (TPSA) is 120 Å². The van der Waals surface area contributed by atoms with E-state index in [0.29, 0.717) is 42.8 Å². The number of rotatable bonds is 7. The van der Waals surface area contributed by atoms with Gasteiger partial charge in [0.05, 0.1) is 30.0 Å². The highest BCUT2D eigenvalue weighted by Crippen LogP contribution is 2.20. The Morgan fingerprint density at radius 1 is 1.09 bits per heavy atom. The number of ether oxygens (including phenoxy) is 2. The lowest BCUT2D eigenvalue weighted by atomic mass is 10.1. The Morgan fingerprint density at radius 2 is 1.76 bits per heavy atom. The van der Waals surface area contributed by atoms with E-state index in [2.05, 4.69) is 10.4 Å². The van der Waals surface area contributed by atoms with Gasteiger partial charge in [-0.1, -0.05) is 18.2 Å². The van der Waals surface area contributed by atoms with E-state index in [1.165, 1.54) is 28.2 Å². The molecule has 1 aliphatic rings. The summed E-state index contributed by atoms with van der Waals surface area (Å²) in [4.78, 5) is 25.2. The first kappa shape index (κ1) is 22.9. The van der Waals surface area contributed by atoms with Gasteiger partial charge in [0.2, 0.25) is 10.0 Å². The average Bonchev–Trinajstić information content (AvgIpc) is 2.86. The predicted molar refractivity (Wildman–Crippen MR) is 121 cm³/mol. The second kappa shape index (κ2) is 9.69. The van der Waals surface area contributed by atoms with Crippen LogP contribution in [0.15, 0.2) is 58.2 Å². The summed E-state index contributed by atoms with van der Waals surface area (Å²) in [6.45, 7) is 1.63. The minimum absolute atomic E-state index is 0.105. The third-order valence-electron chi connectivity index (χ3n) is 5.31. The van der Waals surface area contributed by atoms with Gasteiger partial charge in [-0.3, -0.25) is 9.59 Å². The van der Waals surface area contributed by atoms with E-state index >= 15 is 0 Å². The monoisotopic (exact) mass is 472 g/mol. The highest BCUT2D eigenvalue weighted by Gasteiger charge is 2.26. The fourth-order valence-electron chi connectivity index (χ4n) is 3.57. The molecule has 0 atom stereocenters. The molecule has 11 heteroatoms. The first-order valence-corrected chi connectivity index (χ1v) is 11.9. The van der Waals surface area contributed by atoms with Crippen LogP contribution >= 0.6 is 0 Å². The van der Waals surface area contributed by atoms with E-state index in [0.717, 1.165) is 0 Å². The van der Waals surface area contributed by atoms with Crippen molar-refractivity contribution in [2.24, 2.45) is 0 Å². The quantitative estimate of drug-likeness (QED) is 0.541. The molecule has 10 nitrogen and oxygen atoms in total. The van der Waals surface area contributed by atoms with Crippen molar-refractivity contribution in [2.75, 3.05) is 40.0 Å². The number of nitrogens with one attached hydrogen (secondary N) is 1. The molecule has 3 aromatic rings. The van der Waals surface area contributed by atoms with Gasteiger partial charge in [0.1, 0.15) is 12.4 Å². The average molecular weight is 473 g/mol. The number of fused-ring (bicyclic) bond motifs is 1. The Hall–Kier alpha value is -3.28. The molecule has 0 bridgehead atoms. The zero-order chi connectivity index (χ0) is 23.4. The number of benzene rings is 2. The Labute approximate surface area is 190 Å². The van der Waals surface area contributed by atoms with E-state index in [1.54, 1.807) is 36.4 Å². The molecule has 0 unspecified atom stereocenters. The molecular formula is C22H24N4O6S. The maximum Gasteiger partial charge on any atom is 0.274 e. The smallest absolute Gasteiger partial charge is 0.274 e. The minimum atomic E-state index is -3.58. The number of carbonyl (C=O) groups is 1. The van der Waals surface area contributed by atoms with Gasteiger partial charge in [-0.05, 0) is 30.3 Å². The van der Waals surface area contributed by atoms with Crippen molar-refractivity contribution in [2.45, 2.75) is 11.4 Å². The highest BCUT2D eigenvalue weighted by molar-refractivity contribution is 7.89. The summed E-state index contributed by atoms with van der Waals surface area (Å²) in [5.74, 6) is 0.0641. The van der Waals surface area contributed by atoms with E-state index in [9.17, 15) is 18.0 Å². The number of sulfonamides is 1. The molecule has 1 aromatic heterocycles. The van der Waals surface area contributed by atoms with Gasteiger partial charge in [0, 0.05) is 25.5 Å². The van der Waals surface area contributed by atoms with E-state index in [1.807, 2.05) is 0 Å². The van der Waals surface area contributed by atoms with Crippen molar-refractivity contribution in [3.63, 3.8) is 0 Å². The minimum Gasteiger partial charge on any atom is -0.492 e. The molecule has 1 fully saturated rings. The summed E-state index contributed by atoms with van der Waals surface area (Å²) in [5, 5.41) is 7.63. The molecule has 33 heavy (non-hydrogen) atoms. The molecule has 0 saturated carbocycles. The Kier molecular flexibility index (Phi) is 6.72. The maximum absolute atomic E-state index is 12.8. The van der Waals surface area contributed by atoms with Crippen LogP contribution in [0.3, 0.4) is 0 Å². The molecular weight excluding hydrogens is 448 g/mol. The molecule has 2 aromatic carbocycles. The third kappa shape index (κ3) is 4.75. The second-order valence-electron chi connectivity index (χ2n) is 7.34. The highest BCUT2D eigenvalue weighted by atomic mass is 32.2. The number of morpholine rings is 1. The molecule has 0 radical (unpaired) electrons. The van der Waals surface area contributed by atoms with Gasteiger partial charge in [-0.25, -0.2) is 13.1 Å². The number of hydrogen-bond donors (Lipinski definition) is 1. The molecule has 4 rings (SSSR count). The maximum atomic E-state index is 12.8. The van der Waals surface area contributed by atoms with Crippen LogP contribution in [0.4, 0.5) is 0 Å². The molecule has 0 aliphatic carbocycles. The van der Waals surface area contributed by atoms with Gasteiger partial charge >= 0.3 is 0 Å². The van der Waals surface area contributed by atoms with Crippen LogP contribution < -0.4 is 15.6 Å². The first-order valence-electron chi connectivity index (χ1n) is 10.4. The summed E-state index contributed by atoms with van der Waals surface area (Å²) < 4.78 is 38.9. The number of hydrogen-bond acceptors (Lipinski definition) is 7. The van der Waals surface area contributed by atoms with Crippen molar-refractivity contribution >= 4 is 26.7 Å². The normalized spacial score (nSPS) is 14.8. The van der Waals surface area contributed by atoms with Gasteiger partial charge in [0.15, 0.2) is 5.69 Å². The molecule has 0 spiro atoms. The number of carbonyl (C=O) groups excluding carboxylic acids is 1. The van der Waals surface area contributed by atoms with Crippen LogP contribution in [0.25, 0.3) is 10.8 Å². The summed E-state index contributed by atoms with van der Waals surface area (Å²) in [5.41, 5.74) is -0.167. The fraction of sp³-hybridized carbons (Fsp3) is 0.318. The second-order valence-corrected chi connectivity index (χ2v) is 9.28. The number of aromatic nitrogens is 2. The van der Waals surface area contributed by atoms with Crippen molar-refractivity contribution in [3.8, 4) is 5.75 Å². The summed E-state index contributed by atoms with van der Waals surface area (Å²) >= 11 is 0. The Morgan fingerprint density at radius 3 is 2.42 bits per heavy atom. The van der Waals surface area contributed by atoms with Crippen LogP contribution in [-0.2, 0) is 21.3 Å². The van der Waals surface area contributed by atoms with Gasteiger partial charge in [-0.15, -0.1) is 0 Å². The zero-order valence-corrected chi connectivity index (χ0v) is 18.9. The van der Waals surface area contributed by atoms with E-state index < -0.39 is 15.9 Å². The molecule has 1 N–H and O–H groups in total. The van der Waals surface area contributed by atoms with E-state index in [4.69, 9.17) is 9.47 Å². The van der Waals surface area contributed by atoms with Gasteiger partial charge < -0.3 is 14.8 Å². The van der Waals surface area contributed by atoms with Crippen LogP contribution in [-0.4, -0.2) is 68.4 Å². The van der Waals surface area contributed by atoms with Crippen molar-refractivity contribution in [3.05, 3.63) is 64.6 Å². The third-order valence-corrected chi connectivity index (χ3v) is 7.23. The largest absolute Gasteiger partial charge is 0.492 e. The number of amides is 1. The summed E-state index contributed by atoms with van der Waals surface area (Å²) in [7, 11) is -2.08. The van der Waals surface area contributed by atoms with Crippen LogP contribution in [0.5, 0.6) is 5.75 Å². The molecule has 1 saturated heterocycles. The lowest BCUT2D eigenvalue weighted by molar-refractivity contribution is 0.0730. The van der Waals surface area contributed by atoms with Gasteiger partial charge in [-0.2, -0.15) is 9.40 Å². The van der Waals surface area contributed by atoms with Crippen molar-refractivity contribution in [1.29, 1.82) is 0 Å². The predicted octanol–water partition coefficient (Wildman–Crippen LogP) is 0.856. The van der Waals surface area contributed by atoms with E-state index in [-0.39, 0.29) is 29.3 Å². The Balaban J connectivity index is 1.47.